The van der Waals surface area contributed by atoms with E-state index < -0.39 is 45.6 Å². The zero-order chi connectivity index (χ0) is 53.8. The molecule has 23 nitrogen and oxygen atoms in total. The van der Waals surface area contributed by atoms with E-state index in [1.54, 1.807) is 84.6 Å². The first kappa shape index (κ1) is 58.2. The number of hydrogen-bond acceptors (Lipinski definition) is 17. The minimum atomic E-state index is -3.75. The van der Waals surface area contributed by atoms with E-state index in [1.165, 1.54) is 12.7 Å². The monoisotopic (exact) mass is 1160 g/mol. The summed E-state index contributed by atoms with van der Waals surface area (Å²) in [6.45, 7) is 19.2. The van der Waals surface area contributed by atoms with Gasteiger partial charge in [0.2, 0.25) is 11.8 Å². The zero-order valence-electron chi connectivity index (χ0n) is 42.8. The van der Waals surface area contributed by atoms with Gasteiger partial charge in [0.25, 0.3) is 10.1 Å². The lowest BCUT2D eigenvalue weighted by Gasteiger charge is -2.34. The van der Waals surface area contributed by atoms with Crippen LogP contribution in [0.5, 0.6) is 0 Å². The van der Waals surface area contributed by atoms with Gasteiger partial charge < -0.3 is 50.9 Å². The van der Waals surface area contributed by atoms with Crippen molar-refractivity contribution in [2.75, 3.05) is 44.3 Å². The summed E-state index contributed by atoms with van der Waals surface area (Å²) in [6, 6.07) is 5.27. The first-order chi connectivity index (χ1) is 34.2. The number of rotatable bonds is 12. The fourth-order valence-electron chi connectivity index (χ4n) is 7.88. The van der Waals surface area contributed by atoms with Gasteiger partial charge in [-0.1, -0.05) is 17.7 Å². The number of aryl methyl sites for hydroxylation is 2. The van der Waals surface area contributed by atoms with Gasteiger partial charge in [0.15, 0.2) is 37.9 Å². The highest BCUT2D eigenvalue weighted by Gasteiger charge is 2.30. The van der Waals surface area contributed by atoms with Crippen LogP contribution < -0.4 is 22.1 Å². The number of amides is 4. The molecule has 7 rings (SSSR count). The van der Waals surface area contributed by atoms with Crippen molar-refractivity contribution < 1.29 is 41.3 Å². The van der Waals surface area contributed by atoms with Crippen molar-refractivity contribution in [1.29, 1.82) is 0 Å². The number of halogens is 2. The lowest BCUT2D eigenvalue weighted by Crippen LogP contribution is -2.50. The predicted octanol–water partition coefficient (Wildman–Crippen LogP) is 6.65. The molecule has 2 fully saturated rings. The Labute approximate surface area is 442 Å². The molecule has 0 aliphatic carbocycles. The Morgan fingerprint density at radius 2 is 1.25 bits per heavy atom. The van der Waals surface area contributed by atoms with Gasteiger partial charge in [-0.05, 0) is 157 Å². The van der Waals surface area contributed by atoms with E-state index in [9.17, 15) is 27.6 Å². The molecule has 4 aromatic heterocycles. The number of aromatic amines is 1. The van der Waals surface area contributed by atoms with Gasteiger partial charge >= 0.3 is 12.2 Å². The highest BCUT2D eigenvalue weighted by Crippen LogP contribution is 2.27. The molecule has 0 unspecified atom stereocenters. The van der Waals surface area contributed by atoms with Gasteiger partial charge in [-0.15, -0.1) is 0 Å². The van der Waals surface area contributed by atoms with E-state index in [4.69, 9.17) is 25.1 Å². The number of fused-ring (bicyclic) bond motifs is 2. The number of nitrogens with zero attached hydrogens (tertiary/aromatic N) is 9. The molecule has 26 heteroatoms. The molecule has 1 aromatic carbocycles. The number of imidazole rings is 2. The number of alkyl carbamates (subject to hydrolysis) is 2. The molecule has 0 radical (unpaired) electrons. The predicted molar refractivity (Wildman–Crippen MR) is 281 cm³/mol. The first-order valence-corrected chi connectivity index (χ1v) is 27.0. The Bertz CT molecular complexity index is 2780. The number of benzene rings is 1. The second kappa shape index (κ2) is 25.5. The Hall–Kier alpha value is -5.73. The summed E-state index contributed by atoms with van der Waals surface area (Å²) >= 11 is 6.65. The van der Waals surface area contributed by atoms with Crippen molar-refractivity contribution in [1.82, 2.24) is 59.9 Å². The molecule has 6 heterocycles. The third kappa shape index (κ3) is 17.7. The van der Waals surface area contributed by atoms with Gasteiger partial charge in [0.05, 0.1) is 11.5 Å². The summed E-state index contributed by atoms with van der Waals surface area (Å²) in [5, 5.41) is 5.20. The van der Waals surface area contributed by atoms with E-state index in [-0.39, 0.29) is 29.2 Å². The minimum absolute atomic E-state index is 0.0835. The number of nitrogens with two attached hydrogens (primary N) is 2. The van der Waals surface area contributed by atoms with Crippen LogP contribution in [0.15, 0.2) is 51.3 Å². The zero-order valence-corrected chi connectivity index (χ0v) is 46.8. The molecule has 5 aromatic rings. The molecule has 7 N–H and O–H groups in total. The molecule has 73 heavy (non-hydrogen) atoms. The van der Waals surface area contributed by atoms with Crippen LogP contribution in [0.1, 0.15) is 99.5 Å². The van der Waals surface area contributed by atoms with Crippen LogP contribution in [0.4, 0.5) is 21.2 Å². The van der Waals surface area contributed by atoms with Crippen molar-refractivity contribution in [3.05, 3.63) is 52.0 Å². The summed E-state index contributed by atoms with van der Waals surface area (Å²) in [5.41, 5.74) is 13.7. The maximum absolute atomic E-state index is 12.7. The van der Waals surface area contributed by atoms with Crippen LogP contribution in [0.3, 0.4) is 0 Å². The molecule has 2 atom stereocenters. The molecule has 0 saturated carbocycles. The molecule has 4 amide bonds. The van der Waals surface area contributed by atoms with Crippen molar-refractivity contribution >= 4 is 99.9 Å². The third-order valence-corrected chi connectivity index (χ3v) is 14.0. The number of nitrogens with one attached hydrogen (secondary N) is 3. The minimum Gasteiger partial charge on any atom is -0.444 e. The van der Waals surface area contributed by atoms with Crippen LogP contribution >= 0.6 is 31.9 Å². The second-order valence-corrected chi connectivity index (χ2v) is 23.0. The van der Waals surface area contributed by atoms with E-state index in [2.05, 4.69) is 77.4 Å². The average molecular weight is 1170 g/mol. The van der Waals surface area contributed by atoms with Crippen molar-refractivity contribution in [2.24, 2.45) is 11.8 Å². The average Bonchev–Trinajstić information content (AvgIpc) is 3.86. The number of aromatic nitrogens is 8. The number of H-pyrrole nitrogens is 1. The number of piperidine rings is 2. The standard InChI is InChI=1S/C22H34N2O6S.C20H30BrN7O3.C5H4BrN5/c1-16-6-8-19(9-7-16)31(27,28)29-15-12-18-10-13-24(14-11-18)20(25)17(2)23-21(26)30-22(3,4)5;1-12(25-19(30)31-20(2,3)4)17(29)27-8-5-13(6-9-27)7-10-28-16-14(26-18(28)21)15(22)23-11-24-16;6-5-10-2-3(7)8-1-9-4(2)11-5/h6-9,17-18H,10-15H2,1-5H3,(H,23,26);11-13H,5-10H2,1-4H3,(H,25,30)(H2,22,23,24);1H,(H3,7,8,9,10,11)/t17-;12-;/m00./s1. The number of nitrogen functional groups attached to an aromatic ring is 2. The van der Waals surface area contributed by atoms with Gasteiger partial charge in [-0.25, -0.2) is 39.5 Å². The van der Waals surface area contributed by atoms with Crippen molar-refractivity contribution in [2.45, 2.75) is 136 Å². The molecule has 400 valence electrons. The number of carbonyl (C=O) groups excluding carboxylic acids is 4. The molecular formula is C47H68Br2N14O9S. The molecule has 0 spiro atoms. The maximum atomic E-state index is 12.7. The van der Waals surface area contributed by atoms with E-state index >= 15 is 0 Å². The SMILES string of the molecule is C[C@H](NC(=O)OC(C)(C)C)C(=O)N1CCC(CCn2c(Br)nc3c(N)ncnc32)CC1.Cc1ccc(S(=O)(=O)OCCC2CCN(C(=O)[C@H](C)NC(=O)OC(C)(C)C)CC2)cc1.Nc1ncnc2nc(Br)[nH]c12. The smallest absolute Gasteiger partial charge is 0.408 e. The molecule has 0 bridgehead atoms. The van der Waals surface area contributed by atoms with Crippen LogP contribution in [0.2, 0.25) is 0 Å². The quantitative estimate of drug-likeness (QED) is 0.0645. The van der Waals surface area contributed by atoms with E-state index in [0.717, 1.165) is 44.2 Å². The number of carbonyl (C=O) groups is 4. The van der Waals surface area contributed by atoms with Gasteiger partial charge in [0.1, 0.15) is 41.5 Å². The normalized spacial score (nSPS) is 15.6. The van der Waals surface area contributed by atoms with Crippen LogP contribution in [0, 0.1) is 18.8 Å². The van der Waals surface area contributed by atoms with Crippen molar-refractivity contribution in [3.8, 4) is 0 Å². The number of hydrogen-bond donors (Lipinski definition) is 5. The summed E-state index contributed by atoms with van der Waals surface area (Å²) in [7, 11) is -3.75. The Morgan fingerprint density at radius 1 is 0.753 bits per heavy atom. The summed E-state index contributed by atoms with van der Waals surface area (Å²) in [6.07, 6.45) is 6.53. The fourth-order valence-corrected chi connectivity index (χ4v) is 9.69. The van der Waals surface area contributed by atoms with Gasteiger partial charge in [0, 0.05) is 32.7 Å². The summed E-state index contributed by atoms with van der Waals surface area (Å²) < 4.78 is 43.4. The maximum Gasteiger partial charge on any atom is 0.408 e. The largest absolute Gasteiger partial charge is 0.444 e. The lowest BCUT2D eigenvalue weighted by molar-refractivity contribution is -0.135. The van der Waals surface area contributed by atoms with E-state index in [1.807, 2.05) is 16.4 Å². The number of anilines is 2. The second-order valence-electron chi connectivity index (χ2n) is 19.9. The topological polar surface area (TPSA) is 311 Å². The highest BCUT2D eigenvalue weighted by molar-refractivity contribution is 9.10. The number of likely N-dealkylation sites (tertiary alicyclic amines) is 2. The highest BCUT2D eigenvalue weighted by atomic mass is 79.9. The molecule has 2 aliphatic heterocycles. The van der Waals surface area contributed by atoms with Gasteiger partial charge in [-0.2, -0.15) is 8.42 Å². The molecule has 2 aliphatic rings. The van der Waals surface area contributed by atoms with Gasteiger partial charge in [-0.3, -0.25) is 13.8 Å². The molecular weight excluding hydrogens is 1100 g/mol. The van der Waals surface area contributed by atoms with Crippen LogP contribution in [-0.4, -0.2) is 138 Å². The first-order valence-electron chi connectivity index (χ1n) is 24.0. The summed E-state index contributed by atoms with van der Waals surface area (Å²) in [5.74, 6) is 1.31. The molecule has 2 saturated heterocycles. The third-order valence-electron chi connectivity index (χ3n) is 11.7. The van der Waals surface area contributed by atoms with Crippen LogP contribution in [-0.2, 0) is 39.9 Å². The Morgan fingerprint density at radius 3 is 1.75 bits per heavy atom. The Kier molecular flexibility index (Phi) is 20.3. The number of ether oxygens (including phenoxy) is 2. The summed E-state index contributed by atoms with van der Waals surface area (Å²) in [4.78, 5) is 80.0. The van der Waals surface area contributed by atoms with Crippen LogP contribution in [0.25, 0.3) is 22.3 Å². The lowest BCUT2D eigenvalue weighted by atomic mass is 9.93. The Balaban J connectivity index is 0.000000223. The van der Waals surface area contributed by atoms with Crippen molar-refractivity contribution in [3.63, 3.8) is 0 Å². The van der Waals surface area contributed by atoms with E-state index in [0.29, 0.717) is 81.9 Å². The fraction of sp³-hybridized carbons (Fsp3) is 0.574.